The van der Waals surface area contributed by atoms with Crippen LogP contribution in [0.5, 0.6) is 23.0 Å². The molecule has 0 saturated heterocycles. The summed E-state index contributed by atoms with van der Waals surface area (Å²) in [6, 6.07) is 20.5. The lowest BCUT2D eigenvalue weighted by Crippen LogP contribution is -2.20. The van der Waals surface area contributed by atoms with Gasteiger partial charge in [-0.2, -0.15) is 0 Å². The first-order valence-electron chi connectivity index (χ1n) is 11.7. The highest BCUT2D eigenvalue weighted by Gasteiger charge is 2.29. The van der Waals surface area contributed by atoms with Crippen LogP contribution in [0, 0.1) is 0 Å². The van der Waals surface area contributed by atoms with E-state index in [2.05, 4.69) is 15.5 Å². The van der Waals surface area contributed by atoms with Gasteiger partial charge in [-0.05, 0) is 73.2 Å². The number of aliphatic carboxylic acids is 1. The third kappa shape index (κ3) is 5.37. The van der Waals surface area contributed by atoms with Gasteiger partial charge in [-0.15, -0.1) is 10.2 Å². The van der Waals surface area contributed by atoms with Gasteiger partial charge in [-0.3, -0.25) is 9.59 Å². The molecule has 0 bridgehead atoms. The maximum atomic E-state index is 12.7. The zero-order valence-electron chi connectivity index (χ0n) is 20.2. The quantitative estimate of drug-likeness (QED) is 0.307. The van der Waals surface area contributed by atoms with Crippen molar-refractivity contribution in [1.29, 1.82) is 0 Å². The van der Waals surface area contributed by atoms with Gasteiger partial charge in [0.25, 0.3) is 5.91 Å². The Morgan fingerprint density at radius 2 is 1.74 bits per heavy atom. The summed E-state index contributed by atoms with van der Waals surface area (Å²) in [6.45, 7) is 0.295. The second-order valence-corrected chi connectivity index (χ2v) is 8.87. The third-order valence-corrected chi connectivity index (χ3v) is 6.33. The Bertz CT molecular complexity index is 1470. The Labute approximate surface area is 223 Å². The first-order valence-corrected chi connectivity index (χ1v) is 12.1. The molecule has 0 radical (unpaired) electrons. The van der Waals surface area contributed by atoms with E-state index in [4.69, 9.17) is 25.8 Å². The first-order chi connectivity index (χ1) is 18.4. The van der Waals surface area contributed by atoms with E-state index >= 15 is 0 Å². The van der Waals surface area contributed by atoms with Gasteiger partial charge in [0.05, 0.1) is 30.4 Å². The zero-order chi connectivity index (χ0) is 26.6. The number of nitrogens with one attached hydrogen (secondary N) is 1. The van der Waals surface area contributed by atoms with Crippen molar-refractivity contribution in [1.82, 2.24) is 10.2 Å². The topological polar surface area (TPSA) is 120 Å². The molecule has 9 nitrogen and oxygen atoms in total. The normalized spacial score (nSPS) is 14.1. The van der Waals surface area contributed by atoms with Crippen LogP contribution in [0.2, 0.25) is 5.02 Å². The summed E-state index contributed by atoms with van der Waals surface area (Å²) in [5.41, 5.74) is 2.45. The number of nitrogens with zero attached hydrogens (tertiary/aromatic N) is 2. The molecule has 0 spiro atoms. The van der Waals surface area contributed by atoms with E-state index in [-0.39, 0.29) is 10.9 Å². The van der Waals surface area contributed by atoms with Crippen LogP contribution in [0.1, 0.15) is 28.3 Å². The number of anilines is 1. The maximum absolute atomic E-state index is 12.7. The molecular formula is C28H22ClN3O6. The van der Waals surface area contributed by atoms with Crippen molar-refractivity contribution >= 4 is 29.3 Å². The van der Waals surface area contributed by atoms with Crippen molar-refractivity contribution in [3.63, 3.8) is 0 Å². The molecule has 38 heavy (non-hydrogen) atoms. The highest BCUT2D eigenvalue weighted by molar-refractivity contribution is 6.32. The summed E-state index contributed by atoms with van der Waals surface area (Å²) in [4.78, 5) is 24.2. The van der Waals surface area contributed by atoms with Crippen molar-refractivity contribution < 1.29 is 28.9 Å². The number of hydrogen-bond acceptors (Lipinski definition) is 7. The molecule has 1 aliphatic rings. The SMILES string of the molecule is COc1ccc(-c2ccc(NC(=O)c3ccc(Oc4cc5c(cc4Cl)C(C(=O)O)CCO5)cc3)nn2)cc1. The number of carbonyl (C=O) groups is 2. The molecule has 1 atom stereocenters. The van der Waals surface area contributed by atoms with Crippen LogP contribution in [0.3, 0.4) is 0 Å². The summed E-state index contributed by atoms with van der Waals surface area (Å²) in [6.07, 6.45) is 0.376. The van der Waals surface area contributed by atoms with E-state index in [1.165, 1.54) is 0 Å². The molecule has 1 unspecified atom stereocenters. The number of amides is 1. The number of rotatable bonds is 7. The summed E-state index contributed by atoms with van der Waals surface area (Å²) < 4.78 is 16.7. The van der Waals surface area contributed by atoms with Crippen LogP contribution in [0.15, 0.2) is 72.8 Å². The lowest BCUT2D eigenvalue weighted by molar-refractivity contribution is -0.139. The smallest absolute Gasteiger partial charge is 0.311 e. The van der Waals surface area contributed by atoms with Crippen molar-refractivity contribution in [3.8, 4) is 34.3 Å². The second kappa shape index (κ2) is 10.8. The fourth-order valence-corrected chi connectivity index (χ4v) is 4.24. The van der Waals surface area contributed by atoms with Crippen LogP contribution in [0.4, 0.5) is 5.82 Å². The van der Waals surface area contributed by atoms with Crippen molar-refractivity contribution in [2.45, 2.75) is 12.3 Å². The van der Waals surface area contributed by atoms with Gasteiger partial charge in [0.2, 0.25) is 0 Å². The predicted molar refractivity (Wildman–Crippen MR) is 140 cm³/mol. The Kier molecular flexibility index (Phi) is 7.10. The number of fused-ring (bicyclic) bond motifs is 1. The number of hydrogen-bond donors (Lipinski definition) is 2. The summed E-state index contributed by atoms with van der Waals surface area (Å²) >= 11 is 6.36. The second-order valence-electron chi connectivity index (χ2n) is 8.46. The Balaban J connectivity index is 1.24. The fourth-order valence-electron chi connectivity index (χ4n) is 4.03. The van der Waals surface area contributed by atoms with Gasteiger partial charge in [-0.1, -0.05) is 11.6 Å². The molecule has 5 rings (SSSR count). The highest BCUT2D eigenvalue weighted by Crippen LogP contribution is 2.41. The minimum absolute atomic E-state index is 0.263. The van der Waals surface area contributed by atoms with Gasteiger partial charge in [-0.25, -0.2) is 0 Å². The number of benzene rings is 3. The zero-order valence-corrected chi connectivity index (χ0v) is 20.9. The maximum Gasteiger partial charge on any atom is 0.311 e. The van der Waals surface area contributed by atoms with Crippen LogP contribution in [-0.4, -0.2) is 40.9 Å². The molecule has 192 valence electrons. The molecule has 1 amide bonds. The molecule has 10 heteroatoms. The average Bonchev–Trinajstić information content (AvgIpc) is 2.94. The Morgan fingerprint density at radius 1 is 1.00 bits per heavy atom. The number of ether oxygens (including phenoxy) is 3. The van der Waals surface area contributed by atoms with E-state index in [1.807, 2.05) is 24.3 Å². The molecule has 2 N–H and O–H groups in total. The molecule has 2 heterocycles. The number of halogens is 1. The van der Waals surface area contributed by atoms with Crippen LogP contribution in [0.25, 0.3) is 11.3 Å². The molecular weight excluding hydrogens is 510 g/mol. The van der Waals surface area contributed by atoms with E-state index < -0.39 is 11.9 Å². The van der Waals surface area contributed by atoms with E-state index in [0.29, 0.717) is 52.9 Å². The highest BCUT2D eigenvalue weighted by atomic mass is 35.5. The lowest BCUT2D eigenvalue weighted by Gasteiger charge is -2.24. The van der Waals surface area contributed by atoms with Gasteiger partial charge < -0.3 is 24.6 Å². The van der Waals surface area contributed by atoms with Crippen LogP contribution >= 0.6 is 11.6 Å². The molecule has 1 aliphatic heterocycles. The number of aromatic nitrogens is 2. The van der Waals surface area contributed by atoms with Crippen LogP contribution in [-0.2, 0) is 4.79 Å². The minimum atomic E-state index is -0.924. The fraction of sp³-hybridized carbons (Fsp3) is 0.143. The summed E-state index contributed by atoms with van der Waals surface area (Å²) in [5, 5.41) is 20.7. The average molecular weight is 532 g/mol. The summed E-state index contributed by atoms with van der Waals surface area (Å²) in [7, 11) is 1.60. The van der Waals surface area contributed by atoms with Crippen molar-refractivity contribution in [2.24, 2.45) is 0 Å². The lowest BCUT2D eigenvalue weighted by atomic mass is 9.93. The summed E-state index contributed by atoms with van der Waals surface area (Å²) in [5.74, 6) is 0.294. The number of methoxy groups -OCH3 is 1. The first kappa shape index (κ1) is 25.0. The molecule has 0 saturated carbocycles. The predicted octanol–water partition coefficient (Wildman–Crippen LogP) is 5.80. The number of carboxylic acids is 1. The monoisotopic (exact) mass is 531 g/mol. The third-order valence-electron chi connectivity index (χ3n) is 6.04. The van der Waals surface area contributed by atoms with Gasteiger partial charge in [0.15, 0.2) is 5.82 Å². The number of carboxylic acid groups (broad SMARTS) is 1. The molecule has 0 fully saturated rings. The minimum Gasteiger partial charge on any atom is -0.497 e. The van der Waals surface area contributed by atoms with E-state index in [1.54, 1.807) is 55.6 Å². The van der Waals surface area contributed by atoms with Gasteiger partial charge >= 0.3 is 5.97 Å². The van der Waals surface area contributed by atoms with Gasteiger partial charge in [0.1, 0.15) is 23.0 Å². The molecule has 0 aliphatic carbocycles. The molecule has 4 aromatic rings. The van der Waals surface area contributed by atoms with Gasteiger partial charge in [0, 0.05) is 22.8 Å². The molecule has 1 aromatic heterocycles. The Morgan fingerprint density at radius 3 is 2.39 bits per heavy atom. The van der Waals surface area contributed by atoms with Crippen molar-refractivity contribution in [2.75, 3.05) is 19.0 Å². The standard InChI is InChI=1S/C28H22ClN3O6/c1-36-18-6-2-16(3-7-18)23-10-11-26(32-31-23)30-27(33)17-4-8-19(9-5-17)38-25-15-24-21(14-22(25)29)20(28(34)35)12-13-37-24/h2-11,14-15,20H,12-13H2,1H3,(H,34,35)(H,30,32,33). The Hall–Kier alpha value is -4.63. The molecule has 3 aromatic carbocycles. The number of carbonyl (C=O) groups excluding carboxylic acids is 1. The largest absolute Gasteiger partial charge is 0.497 e. The van der Waals surface area contributed by atoms with Crippen LogP contribution < -0.4 is 19.5 Å². The van der Waals surface area contributed by atoms with E-state index in [9.17, 15) is 14.7 Å². The van der Waals surface area contributed by atoms with E-state index in [0.717, 1.165) is 11.3 Å². The van der Waals surface area contributed by atoms with Crippen molar-refractivity contribution in [3.05, 3.63) is 88.9 Å².